The zero-order valence-corrected chi connectivity index (χ0v) is 16.3. The molecule has 0 bridgehead atoms. The summed E-state index contributed by atoms with van der Waals surface area (Å²) in [4.78, 5) is 24.6. The van der Waals surface area contributed by atoms with Crippen LogP contribution < -0.4 is 10.5 Å². The van der Waals surface area contributed by atoms with Gasteiger partial charge in [0.25, 0.3) is 0 Å². The first-order valence-electron chi connectivity index (χ1n) is 9.58. The van der Waals surface area contributed by atoms with Crippen LogP contribution in [0.4, 0.5) is 4.39 Å². The zero-order valence-electron chi connectivity index (χ0n) is 16.3. The van der Waals surface area contributed by atoms with Crippen molar-refractivity contribution >= 4 is 11.9 Å². The van der Waals surface area contributed by atoms with Crippen molar-refractivity contribution < 1.29 is 23.5 Å². The van der Waals surface area contributed by atoms with E-state index in [4.69, 9.17) is 15.2 Å². The number of ether oxygens (including phenoxy) is 2. The fourth-order valence-corrected chi connectivity index (χ4v) is 3.63. The van der Waals surface area contributed by atoms with Crippen molar-refractivity contribution in [3.05, 3.63) is 89.2 Å². The third kappa shape index (κ3) is 3.69. The summed E-state index contributed by atoms with van der Waals surface area (Å²) in [5, 5.41) is 0. The van der Waals surface area contributed by atoms with E-state index in [1.165, 1.54) is 13.0 Å². The van der Waals surface area contributed by atoms with Crippen LogP contribution in [0.2, 0.25) is 0 Å². The molecule has 1 aliphatic carbocycles. The maximum absolute atomic E-state index is 13.8. The van der Waals surface area contributed by atoms with Crippen LogP contribution in [-0.2, 0) is 9.53 Å². The van der Waals surface area contributed by atoms with Crippen LogP contribution >= 0.6 is 0 Å². The van der Waals surface area contributed by atoms with Gasteiger partial charge < -0.3 is 15.2 Å². The molecule has 0 saturated heterocycles. The fourth-order valence-electron chi connectivity index (χ4n) is 3.63. The number of hydrogen-bond donors (Lipinski definition) is 1. The fraction of sp³-hybridized carbons (Fsp3) is 0.167. The number of rotatable bonds is 5. The van der Waals surface area contributed by atoms with Gasteiger partial charge in [0.1, 0.15) is 29.8 Å². The minimum absolute atomic E-state index is 0.0735. The van der Waals surface area contributed by atoms with E-state index in [2.05, 4.69) is 0 Å². The topological polar surface area (TPSA) is 78.6 Å². The van der Waals surface area contributed by atoms with Crippen molar-refractivity contribution in [3.8, 4) is 16.9 Å². The van der Waals surface area contributed by atoms with Crippen molar-refractivity contribution in [3.63, 3.8) is 0 Å². The minimum Gasteiger partial charge on any atom is -0.461 e. The molecule has 1 aliphatic rings. The Balaban J connectivity index is 1.58. The van der Waals surface area contributed by atoms with E-state index in [9.17, 15) is 14.0 Å². The SMILES string of the molecule is C[C@H](N)C(=O)Oc1ccc(F)cc1C(=O)OCC1c2ccccc2-c2ccccc21. The molecular weight excluding hydrogens is 385 g/mol. The van der Waals surface area contributed by atoms with Crippen LogP contribution in [0.5, 0.6) is 5.75 Å². The molecule has 6 heteroatoms. The Morgan fingerprint density at radius 2 is 1.60 bits per heavy atom. The van der Waals surface area contributed by atoms with Crippen LogP contribution in [0.3, 0.4) is 0 Å². The summed E-state index contributed by atoms with van der Waals surface area (Å²) in [7, 11) is 0. The van der Waals surface area contributed by atoms with E-state index >= 15 is 0 Å². The summed E-state index contributed by atoms with van der Waals surface area (Å²) in [5.41, 5.74) is 9.68. The maximum atomic E-state index is 13.8. The third-order valence-corrected chi connectivity index (χ3v) is 5.09. The molecule has 2 N–H and O–H groups in total. The molecule has 0 aliphatic heterocycles. The Kier molecular flexibility index (Phi) is 5.33. The van der Waals surface area contributed by atoms with E-state index in [1.807, 2.05) is 48.5 Å². The summed E-state index contributed by atoms with van der Waals surface area (Å²) < 4.78 is 24.4. The van der Waals surface area contributed by atoms with Crippen LogP contribution in [0.15, 0.2) is 66.7 Å². The van der Waals surface area contributed by atoms with Gasteiger partial charge in [0, 0.05) is 5.92 Å². The van der Waals surface area contributed by atoms with Crippen molar-refractivity contribution in [1.82, 2.24) is 0 Å². The molecule has 0 unspecified atom stereocenters. The van der Waals surface area contributed by atoms with Gasteiger partial charge in [-0.3, -0.25) is 0 Å². The lowest BCUT2D eigenvalue weighted by atomic mass is 9.98. The van der Waals surface area contributed by atoms with Gasteiger partial charge in [-0.25, -0.2) is 14.0 Å². The second-order valence-electron chi connectivity index (χ2n) is 7.18. The first kappa shape index (κ1) is 19.8. The molecule has 0 spiro atoms. The van der Waals surface area contributed by atoms with E-state index in [-0.39, 0.29) is 23.8 Å². The Hall–Kier alpha value is -3.51. The molecule has 5 nitrogen and oxygen atoms in total. The van der Waals surface area contributed by atoms with Crippen molar-refractivity contribution in [2.45, 2.75) is 18.9 Å². The summed E-state index contributed by atoms with van der Waals surface area (Å²) in [6, 6.07) is 18.3. The minimum atomic E-state index is -0.884. The van der Waals surface area contributed by atoms with Gasteiger partial charge in [0.15, 0.2) is 0 Å². The molecule has 0 aromatic heterocycles. The standard InChI is InChI=1S/C24H20FNO4/c1-14(26)23(27)30-22-11-10-15(25)12-20(22)24(28)29-13-21-18-8-4-2-6-16(18)17-7-3-5-9-19(17)21/h2-12,14,21H,13,26H2,1H3/t14-/m0/s1. The van der Waals surface area contributed by atoms with E-state index < -0.39 is 23.8 Å². The normalized spacial score (nSPS) is 13.3. The molecule has 152 valence electrons. The number of benzene rings is 3. The Labute approximate surface area is 173 Å². The number of fused-ring (bicyclic) bond motifs is 3. The molecule has 30 heavy (non-hydrogen) atoms. The van der Waals surface area contributed by atoms with Gasteiger partial charge in [-0.1, -0.05) is 48.5 Å². The highest BCUT2D eigenvalue weighted by Crippen LogP contribution is 2.44. The highest BCUT2D eigenvalue weighted by Gasteiger charge is 2.29. The number of esters is 2. The predicted molar refractivity (Wildman–Crippen MR) is 110 cm³/mol. The number of carbonyl (C=O) groups is 2. The summed E-state index contributed by atoms with van der Waals surface area (Å²) in [6.45, 7) is 1.53. The molecule has 3 aromatic carbocycles. The maximum Gasteiger partial charge on any atom is 0.342 e. The molecule has 1 atom stereocenters. The lowest BCUT2D eigenvalue weighted by Gasteiger charge is -2.15. The van der Waals surface area contributed by atoms with Crippen LogP contribution in [-0.4, -0.2) is 24.6 Å². The van der Waals surface area contributed by atoms with E-state index in [0.29, 0.717) is 0 Å². The van der Waals surface area contributed by atoms with Crippen molar-refractivity contribution in [1.29, 1.82) is 0 Å². The summed E-state index contributed by atoms with van der Waals surface area (Å²) in [5.74, 6) is -2.36. The van der Waals surface area contributed by atoms with Gasteiger partial charge in [0.2, 0.25) is 0 Å². The largest absolute Gasteiger partial charge is 0.461 e. The summed E-state index contributed by atoms with van der Waals surface area (Å²) in [6.07, 6.45) is 0. The monoisotopic (exact) mass is 405 g/mol. The van der Waals surface area contributed by atoms with E-state index in [1.54, 1.807) is 0 Å². The molecule has 4 rings (SSSR count). The Morgan fingerprint density at radius 3 is 2.20 bits per heavy atom. The van der Waals surface area contributed by atoms with Crippen LogP contribution in [0, 0.1) is 5.82 Å². The van der Waals surface area contributed by atoms with Gasteiger partial charge in [0.05, 0.1) is 0 Å². The number of carbonyl (C=O) groups excluding carboxylic acids is 2. The van der Waals surface area contributed by atoms with Crippen molar-refractivity contribution in [2.24, 2.45) is 5.73 Å². The quantitative estimate of drug-likeness (QED) is 0.512. The van der Waals surface area contributed by atoms with Crippen molar-refractivity contribution in [2.75, 3.05) is 6.61 Å². The predicted octanol–water partition coefficient (Wildman–Crippen LogP) is 4.05. The van der Waals surface area contributed by atoms with E-state index in [0.717, 1.165) is 34.4 Å². The molecule has 3 aromatic rings. The number of halogens is 1. The van der Waals surface area contributed by atoms with Gasteiger partial charge in [-0.2, -0.15) is 0 Å². The molecule has 0 radical (unpaired) electrons. The lowest BCUT2D eigenvalue weighted by molar-refractivity contribution is -0.135. The molecule has 0 amide bonds. The van der Waals surface area contributed by atoms with Gasteiger partial charge in [-0.05, 0) is 47.4 Å². The third-order valence-electron chi connectivity index (χ3n) is 5.09. The number of hydrogen-bond acceptors (Lipinski definition) is 5. The lowest BCUT2D eigenvalue weighted by Crippen LogP contribution is -2.31. The molecule has 0 saturated carbocycles. The smallest absolute Gasteiger partial charge is 0.342 e. The Bertz CT molecular complexity index is 1080. The average molecular weight is 405 g/mol. The van der Waals surface area contributed by atoms with Crippen LogP contribution in [0.1, 0.15) is 34.3 Å². The zero-order chi connectivity index (χ0) is 21.3. The molecule has 0 fully saturated rings. The van der Waals surface area contributed by atoms with Gasteiger partial charge in [-0.15, -0.1) is 0 Å². The highest BCUT2D eigenvalue weighted by molar-refractivity contribution is 5.94. The summed E-state index contributed by atoms with van der Waals surface area (Å²) >= 11 is 0. The molecular formula is C24H20FNO4. The Morgan fingerprint density at radius 1 is 1.00 bits per heavy atom. The second kappa shape index (κ2) is 8.08. The first-order chi connectivity index (χ1) is 14.5. The first-order valence-corrected chi connectivity index (χ1v) is 9.58. The highest BCUT2D eigenvalue weighted by atomic mass is 19.1. The van der Waals surface area contributed by atoms with Gasteiger partial charge >= 0.3 is 11.9 Å². The van der Waals surface area contributed by atoms with Crippen LogP contribution in [0.25, 0.3) is 11.1 Å². The number of nitrogens with two attached hydrogens (primary N) is 1. The second-order valence-corrected chi connectivity index (χ2v) is 7.18. The average Bonchev–Trinajstić information content (AvgIpc) is 3.07. The molecule has 0 heterocycles.